The largest absolute Gasteiger partial charge is 0.481 e. The quantitative estimate of drug-likeness (QED) is 0.0467. The van der Waals surface area contributed by atoms with E-state index in [1.165, 1.54) is 283 Å². The molecule has 3 fully saturated rings. The zero-order valence-electron chi connectivity index (χ0n) is 63.3. The van der Waals surface area contributed by atoms with Crippen LogP contribution in [0.25, 0.3) is 0 Å². The molecule has 0 bridgehead atoms. The molecule has 0 aliphatic heterocycles. The van der Waals surface area contributed by atoms with Crippen LogP contribution in [0, 0.1) is 58.2 Å². The molecule has 6 unspecified atom stereocenters. The van der Waals surface area contributed by atoms with Gasteiger partial charge in [-0.1, -0.05) is 363 Å². The zero-order valence-corrected chi connectivity index (χ0v) is 63.3. The van der Waals surface area contributed by atoms with Crippen LogP contribution in [0.5, 0.6) is 0 Å². The number of nitrogens with zero attached hydrogens (tertiary/aromatic N) is 1. The second kappa shape index (κ2) is 48.8. The molecule has 92 heavy (non-hydrogen) atoms. The second-order valence-electron chi connectivity index (χ2n) is 33.4. The molecule has 4 rings (SSSR count). The van der Waals surface area contributed by atoms with Crippen molar-refractivity contribution in [3.63, 3.8) is 0 Å². The molecule has 0 aromatic rings. The highest BCUT2D eigenvalue weighted by Gasteiger charge is 2.60. The molecule has 2 N–H and O–H groups in total. The number of amides is 1. The van der Waals surface area contributed by atoms with Gasteiger partial charge in [-0.15, -0.1) is 0 Å². The predicted octanol–water partition coefficient (Wildman–Crippen LogP) is 27.6. The number of hydrogen-bond acceptors (Lipinski definition) is 3. The van der Waals surface area contributed by atoms with Crippen molar-refractivity contribution in [3.05, 3.63) is 11.6 Å². The molecule has 4 aliphatic carbocycles. The van der Waals surface area contributed by atoms with Crippen molar-refractivity contribution >= 4 is 17.8 Å². The van der Waals surface area contributed by atoms with Gasteiger partial charge in [0.1, 0.15) is 6.04 Å². The fourth-order valence-corrected chi connectivity index (χ4v) is 20.4. The van der Waals surface area contributed by atoms with Gasteiger partial charge in [-0.3, -0.25) is 9.59 Å². The number of hydrogen-bond donors (Lipinski definition) is 2. The number of fused-ring (bicyclic) bond motifs is 5. The standard InChI is InChI=1S/C86H159NO5/c1-10-14-18-22-26-29-30-31-32-33-34-35-36-37-38-39-41-44-48-52-67-86(66-51-47-25-21-17-13-4,87(80(83(91)92)62-63-82(89)90)81(88)57-50-46-43-40-27-23-19-15-11-2)77(56-49-45-42-28-24-20-16-12-3)73-64-68-84(8)74(70-73)58-59-75-78-61-60-76(72(7)55-53-54-71(5)6)85(78,9)69-65-79(75)84/h58,71-73,75-80H,10-57,59-70H2,1-9H3,(H,89,90)(H,91,92)/t72-,73?,75?,76-,77?,78?,79?,80+,84+,85-,86?/m1/s1. The van der Waals surface area contributed by atoms with Crippen LogP contribution in [0.3, 0.4) is 0 Å². The topological polar surface area (TPSA) is 94.9 Å². The summed E-state index contributed by atoms with van der Waals surface area (Å²) >= 11 is 0. The molecule has 6 heteroatoms. The van der Waals surface area contributed by atoms with Crippen molar-refractivity contribution < 1.29 is 24.6 Å². The van der Waals surface area contributed by atoms with Crippen molar-refractivity contribution in [2.45, 2.75) is 459 Å². The monoisotopic (exact) mass is 1290 g/mol. The molecule has 0 spiro atoms. The maximum Gasteiger partial charge on any atom is 0.326 e. The lowest BCUT2D eigenvalue weighted by molar-refractivity contribution is -0.164. The van der Waals surface area contributed by atoms with E-state index < -0.39 is 23.5 Å². The minimum absolute atomic E-state index is 0.0144. The molecule has 0 aromatic carbocycles. The molecule has 538 valence electrons. The summed E-state index contributed by atoms with van der Waals surface area (Å²) in [5.74, 6) is 3.36. The van der Waals surface area contributed by atoms with E-state index in [9.17, 15) is 19.8 Å². The highest BCUT2D eigenvalue weighted by atomic mass is 16.4. The van der Waals surface area contributed by atoms with Crippen molar-refractivity contribution in [1.82, 2.24) is 4.90 Å². The van der Waals surface area contributed by atoms with Gasteiger partial charge >= 0.3 is 11.9 Å². The number of allylic oxidation sites excluding steroid dienone is 2. The van der Waals surface area contributed by atoms with Crippen molar-refractivity contribution in [2.75, 3.05) is 0 Å². The molecule has 0 radical (unpaired) electrons. The van der Waals surface area contributed by atoms with E-state index in [4.69, 9.17) is 0 Å². The number of carboxylic acid groups (broad SMARTS) is 2. The van der Waals surface area contributed by atoms with Crippen LogP contribution < -0.4 is 0 Å². The minimum atomic E-state index is -1.14. The van der Waals surface area contributed by atoms with Crippen molar-refractivity contribution in [2.24, 2.45) is 58.2 Å². The lowest BCUT2D eigenvalue weighted by atomic mass is 9.45. The average molecular weight is 1290 g/mol. The Morgan fingerprint density at radius 1 is 0.478 bits per heavy atom. The summed E-state index contributed by atoms with van der Waals surface area (Å²) in [6.07, 6.45) is 74.2. The molecular weight excluding hydrogens is 1130 g/mol. The molecular formula is C86H159NO5. The van der Waals surface area contributed by atoms with E-state index in [0.717, 1.165) is 119 Å². The maximum atomic E-state index is 16.1. The van der Waals surface area contributed by atoms with Gasteiger partial charge in [-0.05, 0) is 142 Å². The molecule has 0 heterocycles. The third kappa shape index (κ3) is 28.9. The number of carbonyl (C=O) groups is 3. The first kappa shape index (κ1) is 82.6. The predicted molar refractivity (Wildman–Crippen MR) is 398 cm³/mol. The molecule has 3 saturated carbocycles. The van der Waals surface area contributed by atoms with Crippen LogP contribution in [0.2, 0.25) is 0 Å². The molecule has 4 aliphatic rings. The Balaban J connectivity index is 1.69. The number of carboxylic acids is 2. The van der Waals surface area contributed by atoms with E-state index in [1.807, 2.05) is 0 Å². The normalized spacial score (nSPS) is 23.8. The van der Waals surface area contributed by atoms with Crippen molar-refractivity contribution in [1.29, 1.82) is 0 Å². The number of rotatable bonds is 60. The first-order valence-electron chi connectivity index (χ1n) is 42.1. The highest BCUT2D eigenvalue weighted by Crippen LogP contribution is 2.68. The summed E-state index contributed by atoms with van der Waals surface area (Å²) in [7, 11) is 0. The minimum Gasteiger partial charge on any atom is -0.481 e. The summed E-state index contributed by atoms with van der Waals surface area (Å²) in [6, 6.07) is -1.14. The van der Waals surface area contributed by atoms with E-state index in [1.54, 1.807) is 5.57 Å². The Kier molecular flexibility index (Phi) is 43.8. The smallest absolute Gasteiger partial charge is 0.326 e. The summed E-state index contributed by atoms with van der Waals surface area (Å²) in [5.41, 5.74) is 1.71. The van der Waals surface area contributed by atoms with E-state index in [-0.39, 0.29) is 30.1 Å². The fraction of sp³-hybridized carbons (Fsp3) is 0.942. The van der Waals surface area contributed by atoms with E-state index >= 15 is 4.79 Å². The van der Waals surface area contributed by atoms with Gasteiger partial charge in [-0.25, -0.2) is 4.79 Å². The second-order valence-corrected chi connectivity index (χ2v) is 33.4. The number of unbranched alkanes of at least 4 members (excludes halogenated alkanes) is 39. The van der Waals surface area contributed by atoms with Gasteiger partial charge in [0.15, 0.2) is 0 Å². The van der Waals surface area contributed by atoms with Gasteiger partial charge < -0.3 is 15.1 Å². The number of carbonyl (C=O) groups excluding carboxylic acids is 1. The lowest BCUT2D eigenvalue weighted by Gasteiger charge is -2.60. The Morgan fingerprint density at radius 2 is 0.913 bits per heavy atom. The first-order chi connectivity index (χ1) is 44.6. The Bertz CT molecular complexity index is 1910. The Hall–Kier alpha value is -1.85. The van der Waals surface area contributed by atoms with Gasteiger partial charge in [0, 0.05) is 18.4 Å². The molecule has 11 atom stereocenters. The van der Waals surface area contributed by atoms with Crippen LogP contribution in [0.4, 0.5) is 0 Å². The molecule has 1 amide bonds. The van der Waals surface area contributed by atoms with Crippen LogP contribution in [-0.2, 0) is 14.4 Å². The van der Waals surface area contributed by atoms with Crippen LogP contribution in [0.1, 0.15) is 448 Å². The van der Waals surface area contributed by atoms with Gasteiger partial charge in [0.05, 0.1) is 0 Å². The Labute approximate surface area is 573 Å². The van der Waals surface area contributed by atoms with Gasteiger partial charge in [-0.2, -0.15) is 0 Å². The average Bonchev–Trinajstić information content (AvgIpc) is 1.27. The third-order valence-corrected chi connectivity index (χ3v) is 25.9. The van der Waals surface area contributed by atoms with Crippen molar-refractivity contribution in [3.8, 4) is 0 Å². The summed E-state index contributed by atoms with van der Waals surface area (Å²) in [6.45, 7) is 22.0. The maximum absolute atomic E-state index is 16.1. The highest BCUT2D eigenvalue weighted by molar-refractivity contribution is 5.85. The Morgan fingerprint density at radius 3 is 1.35 bits per heavy atom. The summed E-state index contributed by atoms with van der Waals surface area (Å²) in [4.78, 5) is 45.2. The van der Waals surface area contributed by atoms with E-state index in [0.29, 0.717) is 17.8 Å². The third-order valence-electron chi connectivity index (χ3n) is 25.9. The number of aliphatic carboxylic acids is 2. The molecule has 0 aromatic heterocycles. The van der Waals surface area contributed by atoms with Crippen LogP contribution >= 0.6 is 0 Å². The van der Waals surface area contributed by atoms with Crippen LogP contribution in [-0.4, -0.2) is 44.5 Å². The molecule has 6 nitrogen and oxygen atoms in total. The SMILES string of the molecule is CCCCCCCCCCCCCCCCCCCCCCC(CCCCCCCC)(C(CCCCCCCCCC)C1CC[C@@]2(C)C(=CCC3C2CC[C@@]2(C)C3CC[C@@H]2[C@H](C)CCCC(C)C)C1)N(C(=O)CCCCCCCCCCC)[C@@H](CCC(=O)O)C(=O)O. The van der Waals surface area contributed by atoms with Gasteiger partial charge in [0.25, 0.3) is 0 Å². The first-order valence-corrected chi connectivity index (χ1v) is 42.1. The van der Waals surface area contributed by atoms with Gasteiger partial charge in [0.2, 0.25) is 5.91 Å². The summed E-state index contributed by atoms with van der Waals surface area (Å²) in [5, 5.41) is 22.1. The summed E-state index contributed by atoms with van der Waals surface area (Å²) < 4.78 is 0. The fourth-order valence-electron chi connectivity index (χ4n) is 20.4. The zero-order chi connectivity index (χ0) is 66.7. The van der Waals surface area contributed by atoms with E-state index in [2.05, 4.69) is 73.3 Å². The van der Waals surface area contributed by atoms with Crippen LogP contribution in [0.15, 0.2) is 11.6 Å². The molecule has 0 saturated heterocycles. The lowest BCUT2D eigenvalue weighted by Crippen LogP contribution is -2.64.